The predicted octanol–water partition coefficient (Wildman–Crippen LogP) is 11.8. The van der Waals surface area contributed by atoms with E-state index in [-0.39, 0.29) is 0 Å². The highest BCUT2D eigenvalue weighted by Crippen LogP contribution is 2.47. The van der Waals surface area contributed by atoms with Crippen molar-refractivity contribution in [1.82, 2.24) is 4.57 Å². The van der Waals surface area contributed by atoms with Gasteiger partial charge in [0.15, 0.2) is 0 Å². The maximum atomic E-state index is 6.38. The maximum absolute atomic E-state index is 6.38. The van der Waals surface area contributed by atoms with Gasteiger partial charge in [-0.05, 0) is 66.2 Å². The van der Waals surface area contributed by atoms with Crippen LogP contribution in [0.4, 0.5) is 17.1 Å². The number of furan rings is 1. The quantitative estimate of drug-likeness (QED) is 0.203. The van der Waals surface area contributed by atoms with Crippen molar-refractivity contribution in [3.63, 3.8) is 0 Å². The highest BCUT2D eigenvalue weighted by molar-refractivity contribution is 6.15. The van der Waals surface area contributed by atoms with Crippen molar-refractivity contribution in [2.75, 3.05) is 4.90 Å². The van der Waals surface area contributed by atoms with Gasteiger partial charge in [-0.2, -0.15) is 0 Å². The van der Waals surface area contributed by atoms with Crippen molar-refractivity contribution in [2.45, 2.75) is 0 Å². The van der Waals surface area contributed by atoms with Gasteiger partial charge in [0.2, 0.25) is 0 Å². The molecule has 0 spiro atoms. The van der Waals surface area contributed by atoms with Crippen LogP contribution in [0.2, 0.25) is 0 Å². The lowest BCUT2D eigenvalue weighted by Gasteiger charge is -2.28. The summed E-state index contributed by atoms with van der Waals surface area (Å²) in [6, 6.07) is 60.2. The van der Waals surface area contributed by atoms with Crippen molar-refractivity contribution < 1.29 is 4.42 Å². The molecule has 0 amide bonds. The van der Waals surface area contributed by atoms with E-state index in [1.54, 1.807) is 0 Å². The van der Waals surface area contributed by atoms with E-state index in [9.17, 15) is 0 Å². The van der Waals surface area contributed by atoms with Gasteiger partial charge in [0.25, 0.3) is 0 Å². The first-order valence-electron chi connectivity index (χ1n) is 15.3. The number of aromatic nitrogens is 1. The lowest BCUT2D eigenvalue weighted by Crippen LogP contribution is -2.11. The van der Waals surface area contributed by atoms with Crippen molar-refractivity contribution in [1.29, 1.82) is 0 Å². The second-order valence-electron chi connectivity index (χ2n) is 11.4. The van der Waals surface area contributed by atoms with Gasteiger partial charge in [-0.1, -0.05) is 109 Å². The summed E-state index contributed by atoms with van der Waals surface area (Å²) in [5.74, 6) is 0. The van der Waals surface area contributed by atoms with Crippen molar-refractivity contribution >= 4 is 60.8 Å². The Labute approximate surface area is 260 Å². The number of para-hydroxylation sites is 4. The third kappa shape index (κ3) is 4.05. The minimum atomic E-state index is 0.873. The Bertz CT molecular complexity index is 2490. The first-order valence-corrected chi connectivity index (χ1v) is 15.3. The molecule has 7 aromatic carbocycles. The van der Waals surface area contributed by atoms with Crippen molar-refractivity contribution in [2.24, 2.45) is 0 Å². The number of benzene rings is 7. The summed E-state index contributed by atoms with van der Waals surface area (Å²) >= 11 is 0. The van der Waals surface area contributed by atoms with Crippen LogP contribution in [-0.4, -0.2) is 4.57 Å². The Morgan fingerprint density at radius 1 is 0.444 bits per heavy atom. The molecular formula is C42H28N2O. The van der Waals surface area contributed by atoms with E-state index < -0.39 is 0 Å². The molecule has 45 heavy (non-hydrogen) atoms. The van der Waals surface area contributed by atoms with Crippen LogP contribution in [0.3, 0.4) is 0 Å². The molecule has 212 valence electrons. The van der Waals surface area contributed by atoms with E-state index in [1.807, 2.05) is 12.1 Å². The first-order chi connectivity index (χ1) is 22.3. The molecule has 9 rings (SSSR count). The number of anilines is 3. The molecular weight excluding hydrogens is 548 g/mol. The fraction of sp³-hybridized carbons (Fsp3) is 0. The number of rotatable bonds is 5. The van der Waals surface area contributed by atoms with Crippen LogP contribution in [0.25, 0.3) is 60.6 Å². The molecule has 0 saturated heterocycles. The molecule has 0 atom stereocenters. The summed E-state index contributed by atoms with van der Waals surface area (Å²) in [7, 11) is 0. The Morgan fingerprint density at radius 2 is 1.09 bits per heavy atom. The maximum Gasteiger partial charge on any atom is 0.137 e. The van der Waals surface area contributed by atoms with E-state index in [2.05, 4.69) is 167 Å². The van der Waals surface area contributed by atoms with E-state index in [4.69, 9.17) is 4.42 Å². The number of hydrogen-bond donors (Lipinski definition) is 0. The van der Waals surface area contributed by atoms with Crippen LogP contribution in [0, 0.1) is 0 Å². The highest BCUT2D eigenvalue weighted by Gasteiger charge is 2.23. The standard InChI is InChI=1S/C42H28N2O/c1-3-14-29(15-4-1)32-18-7-10-21-36(32)44(39-23-13-25-41-42(39)34-20-9-12-24-40(34)45-41)31-26-27-38-35(28-31)33-19-8-11-22-37(33)43(38)30-16-5-2-6-17-30/h1-28H. The molecule has 0 aliphatic carbocycles. The summed E-state index contributed by atoms with van der Waals surface area (Å²) in [6.07, 6.45) is 0. The summed E-state index contributed by atoms with van der Waals surface area (Å²) in [5.41, 5.74) is 10.9. The van der Waals surface area contributed by atoms with E-state index in [1.165, 1.54) is 27.4 Å². The van der Waals surface area contributed by atoms with Gasteiger partial charge in [-0.15, -0.1) is 0 Å². The zero-order chi connectivity index (χ0) is 29.7. The molecule has 0 aliphatic rings. The zero-order valence-corrected chi connectivity index (χ0v) is 24.5. The van der Waals surface area contributed by atoms with E-state index in [0.29, 0.717) is 0 Å². The van der Waals surface area contributed by atoms with Gasteiger partial charge in [0.1, 0.15) is 11.2 Å². The molecule has 0 bridgehead atoms. The molecule has 3 nitrogen and oxygen atoms in total. The third-order valence-electron chi connectivity index (χ3n) is 8.78. The smallest absolute Gasteiger partial charge is 0.137 e. The van der Waals surface area contributed by atoms with Crippen LogP contribution in [0.1, 0.15) is 0 Å². The number of fused-ring (bicyclic) bond motifs is 6. The van der Waals surface area contributed by atoms with Gasteiger partial charge in [-0.3, -0.25) is 0 Å². The van der Waals surface area contributed by atoms with Crippen LogP contribution in [0.15, 0.2) is 174 Å². The van der Waals surface area contributed by atoms with Gasteiger partial charge in [0.05, 0.1) is 27.8 Å². The Kier molecular flexibility index (Phi) is 5.82. The van der Waals surface area contributed by atoms with Gasteiger partial charge in [-0.25, -0.2) is 0 Å². The van der Waals surface area contributed by atoms with Gasteiger partial charge in [0, 0.05) is 33.1 Å². The fourth-order valence-electron chi connectivity index (χ4n) is 6.84. The normalized spacial score (nSPS) is 11.6. The molecule has 9 aromatic rings. The predicted molar refractivity (Wildman–Crippen MR) is 188 cm³/mol. The number of hydrogen-bond acceptors (Lipinski definition) is 2. The molecule has 0 N–H and O–H groups in total. The highest BCUT2D eigenvalue weighted by atomic mass is 16.3. The third-order valence-corrected chi connectivity index (χ3v) is 8.78. The average molecular weight is 577 g/mol. The molecule has 0 aliphatic heterocycles. The molecule has 2 heterocycles. The van der Waals surface area contributed by atoms with Gasteiger partial charge < -0.3 is 13.9 Å². The lowest BCUT2D eigenvalue weighted by atomic mass is 10.0. The summed E-state index contributed by atoms with van der Waals surface area (Å²) in [6.45, 7) is 0. The second-order valence-corrected chi connectivity index (χ2v) is 11.4. The van der Waals surface area contributed by atoms with Crippen molar-refractivity contribution in [3.8, 4) is 16.8 Å². The molecule has 0 fully saturated rings. The molecule has 3 heteroatoms. The molecule has 0 saturated carbocycles. The summed E-state index contributed by atoms with van der Waals surface area (Å²) < 4.78 is 8.74. The van der Waals surface area contributed by atoms with Crippen LogP contribution in [0.5, 0.6) is 0 Å². The minimum absolute atomic E-state index is 0.873. The molecule has 0 unspecified atom stereocenters. The van der Waals surface area contributed by atoms with Crippen molar-refractivity contribution in [3.05, 3.63) is 170 Å². The Morgan fingerprint density at radius 3 is 1.96 bits per heavy atom. The number of nitrogens with zero attached hydrogens (tertiary/aromatic N) is 2. The van der Waals surface area contributed by atoms with E-state index >= 15 is 0 Å². The Hall–Kier alpha value is -6.06. The van der Waals surface area contributed by atoms with Crippen LogP contribution in [-0.2, 0) is 0 Å². The topological polar surface area (TPSA) is 21.3 Å². The fourth-order valence-corrected chi connectivity index (χ4v) is 6.84. The zero-order valence-electron chi connectivity index (χ0n) is 24.5. The Balaban J connectivity index is 1.37. The lowest BCUT2D eigenvalue weighted by molar-refractivity contribution is 0.669. The second kappa shape index (κ2) is 10.3. The average Bonchev–Trinajstić information content (AvgIpc) is 3.66. The summed E-state index contributed by atoms with van der Waals surface area (Å²) in [4.78, 5) is 2.40. The van der Waals surface area contributed by atoms with Gasteiger partial charge >= 0.3 is 0 Å². The van der Waals surface area contributed by atoms with Crippen LogP contribution < -0.4 is 4.90 Å². The summed E-state index contributed by atoms with van der Waals surface area (Å²) in [5, 5.41) is 4.63. The molecule has 0 radical (unpaired) electrons. The SMILES string of the molecule is c1ccc(-c2ccccc2N(c2ccc3c(c2)c2ccccc2n3-c2ccccc2)c2cccc3oc4ccccc4c23)cc1. The largest absolute Gasteiger partial charge is 0.456 e. The monoisotopic (exact) mass is 576 g/mol. The first kappa shape index (κ1) is 25.4. The molecule has 2 aromatic heterocycles. The van der Waals surface area contributed by atoms with E-state index in [0.717, 1.165) is 50.3 Å². The van der Waals surface area contributed by atoms with Crippen LogP contribution >= 0.6 is 0 Å². The minimum Gasteiger partial charge on any atom is -0.456 e.